The zero-order valence-corrected chi connectivity index (χ0v) is 13.0. The van der Waals surface area contributed by atoms with E-state index >= 15 is 0 Å². The van der Waals surface area contributed by atoms with Crippen LogP contribution in [0.1, 0.15) is 5.56 Å². The Morgan fingerprint density at radius 1 is 1.45 bits per heavy atom. The quantitative estimate of drug-likeness (QED) is 0.795. The molecule has 2 aromatic rings. The molecule has 0 fully saturated rings. The zero-order chi connectivity index (χ0) is 14.4. The van der Waals surface area contributed by atoms with Crippen LogP contribution in [0.5, 0.6) is 0 Å². The molecule has 0 atom stereocenters. The van der Waals surface area contributed by atoms with E-state index in [4.69, 9.17) is 16.3 Å². The lowest BCUT2D eigenvalue weighted by Gasteiger charge is -2.08. The molecule has 1 N–H and O–H groups in total. The van der Waals surface area contributed by atoms with Crippen molar-refractivity contribution in [2.24, 2.45) is 7.05 Å². The standard InChI is InChI=1S/C13H17ClN4OS/c1-18-13(16-9-17-18)20-11-4-3-10(12(14)7-11)8-15-5-6-19-2/h3-4,7,9,15H,5-6,8H2,1-2H3. The Morgan fingerprint density at radius 2 is 2.30 bits per heavy atom. The van der Waals surface area contributed by atoms with Crippen LogP contribution in [0.25, 0.3) is 0 Å². The van der Waals surface area contributed by atoms with E-state index in [-0.39, 0.29) is 0 Å². The SMILES string of the molecule is COCCNCc1ccc(Sc2ncnn2C)cc1Cl. The van der Waals surface area contributed by atoms with Crippen LogP contribution in [0.4, 0.5) is 0 Å². The monoisotopic (exact) mass is 312 g/mol. The molecule has 0 radical (unpaired) electrons. The van der Waals surface area contributed by atoms with Crippen LogP contribution in [0.2, 0.25) is 5.02 Å². The minimum Gasteiger partial charge on any atom is -0.383 e. The Bertz CT molecular complexity index is 561. The summed E-state index contributed by atoms with van der Waals surface area (Å²) in [7, 11) is 3.55. The van der Waals surface area contributed by atoms with Crippen molar-refractivity contribution in [2.75, 3.05) is 20.3 Å². The average molecular weight is 313 g/mol. The van der Waals surface area contributed by atoms with Gasteiger partial charge in [-0.1, -0.05) is 29.4 Å². The molecule has 0 aliphatic carbocycles. The number of hydrogen-bond donors (Lipinski definition) is 1. The summed E-state index contributed by atoms with van der Waals surface area (Å²) in [6.07, 6.45) is 1.54. The lowest BCUT2D eigenvalue weighted by atomic mass is 10.2. The first-order chi connectivity index (χ1) is 9.70. The van der Waals surface area contributed by atoms with Crippen LogP contribution < -0.4 is 5.32 Å². The van der Waals surface area contributed by atoms with Gasteiger partial charge >= 0.3 is 0 Å². The summed E-state index contributed by atoms with van der Waals surface area (Å²) in [5.74, 6) is 0. The number of nitrogens with one attached hydrogen (secondary N) is 1. The molecule has 20 heavy (non-hydrogen) atoms. The molecule has 1 aromatic carbocycles. The summed E-state index contributed by atoms with van der Waals surface area (Å²) < 4.78 is 6.72. The predicted octanol–water partition coefficient (Wildman–Crippen LogP) is 2.36. The molecule has 1 aromatic heterocycles. The first-order valence-corrected chi connectivity index (χ1v) is 7.40. The van der Waals surface area contributed by atoms with Crippen LogP contribution in [0, 0.1) is 0 Å². The Morgan fingerprint density at radius 3 is 2.95 bits per heavy atom. The van der Waals surface area contributed by atoms with E-state index in [1.807, 2.05) is 25.2 Å². The zero-order valence-electron chi connectivity index (χ0n) is 11.5. The number of ether oxygens (including phenoxy) is 1. The van der Waals surface area contributed by atoms with Crippen LogP contribution in [0.15, 0.2) is 34.6 Å². The minimum atomic E-state index is 0.692. The van der Waals surface area contributed by atoms with Gasteiger partial charge < -0.3 is 10.1 Å². The molecular formula is C13H17ClN4OS. The Kier molecular flexibility index (Phi) is 5.85. The summed E-state index contributed by atoms with van der Waals surface area (Å²) in [6.45, 7) is 2.23. The van der Waals surface area contributed by atoms with Crippen molar-refractivity contribution in [3.8, 4) is 0 Å². The molecule has 0 saturated carbocycles. The Labute approximate surface area is 127 Å². The van der Waals surface area contributed by atoms with Crippen LogP contribution in [0.3, 0.4) is 0 Å². The third-order valence-electron chi connectivity index (χ3n) is 2.70. The molecule has 7 heteroatoms. The molecule has 1 heterocycles. The van der Waals surface area contributed by atoms with Gasteiger partial charge in [-0.2, -0.15) is 5.10 Å². The number of methoxy groups -OCH3 is 1. The van der Waals surface area contributed by atoms with E-state index in [0.717, 1.165) is 33.7 Å². The maximum atomic E-state index is 6.29. The second kappa shape index (κ2) is 7.64. The van der Waals surface area contributed by atoms with Crippen molar-refractivity contribution in [1.82, 2.24) is 20.1 Å². The van der Waals surface area contributed by atoms with Gasteiger partial charge in [0.05, 0.1) is 6.61 Å². The van der Waals surface area contributed by atoms with Gasteiger partial charge in [-0.25, -0.2) is 9.67 Å². The van der Waals surface area contributed by atoms with E-state index in [0.29, 0.717) is 6.61 Å². The number of nitrogens with zero attached hydrogens (tertiary/aromatic N) is 3. The van der Waals surface area contributed by atoms with Crippen LogP contribution >= 0.6 is 23.4 Å². The average Bonchev–Trinajstić information content (AvgIpc) is 2.82. The maximum absolute atomic E-state index is 6.29. The van der Waals surface area contributed by atoms with Gasteiger partial charge in [0.2, 0.25) is 0 Å². The predicted molar refractivity (Wildman–Crippen MR) is 80.2 cm³/mol. The van der Waals surface area contributed by atoms with Crippen molar-refractivity contribution in [1.29, 1.82) is 0 Å². The smallest absolute Gasteiger partial charge is 0.190 e. The molecule has 0 aliphatic rings. The molecule has 2 rings (SSSR count). The van der Waals surface area contributed by atoms with Crippen LogP contribution in [-0.2, 0) is 18.3 Å². The molecule has 0 bridgehead atoms. The van der Waals surface area contributed by atoms with Gasteiger partial charge in [0.25, 0.3) is 0 Å². The van der Waals surface area contributed by atoms with Gasteiger partial charge in [-0.05, 0) is 17.7 Å². The Balaban J connectivity index is 1.97. The number of aryl methyl sites for hydroxylation is 1. The summed E-state index contributed by atoms with van der Waals surface area (Å²) >= 11 is 7.83. The van der Waals surface area contributed by atoms with Gasteiger partial charge in [0, 0.05) is 37.2 Å². The second-order valence-corrected chi connectivity index (χ2v) is 5.64. The molecule has 0 aliphatic heterocycles. The van der Waals surface area contributed by atoms with E-state index in [2.05, 4.69) is 15.4 Å². The normalized spacial score (nSPS) is 10.9. The van der Waals surface area contributed by atoms with Crippen molar-refractivity contribution in [2.45, 2.75) is 16.6 Å². The molecule has 0 unspecified atom stereocenters. The molecule has 0 amide bonds. The van der Waals surface area contributed by atoms with Crippen molar-refractivity contribution >= 4 is 23.4 Å². The highest BCUT2D eigenvalue weighted by Crippen LogP contribution is 2.29. The summed E-state index contributed by atoms with van der Waals surface area (Å²) in [5.41, 5.74) is 1.07. The molecule has 5 nitrogen and oxygen atoms in total. The van der Waals surface area contributed by atoms with E-state index in [1.165, 1.54) is 6.33 Å². The topological polar surface area (TPSA) is 52.0 Å². The first-order valence-electron chi connectivity index (χ1n) is 6.20. The fourth-order valence-electron chi connectivity index (χ4n) is 1.62. The van der Waals surface area contributed by atoms with Gasteiger partial charge in [0.15, 0.2) is 5.16 Å². The highest BCUT2D eigenvalue weighted by Gasteiger charge is 2.06. The largest absolute Gasteiger partial charge is 0.383 e. The molecule has 0 saturated heterocycles. The highest BCUT2D eigenvalue weighted by molar-refractivity contribution is 7.99. The number of halogens is 1. The fraction of sp³-hybridized carbons (Fsp3) is 0.385. The summed E-state index contributed by atoms with van der Waals surface area (Å²) in [5, 5.41) is 8.91. The second-order valence-electron chi connectivity index (χ2n) is 4.19. The number of aromatic nitrogens is 3. The summed E-state index contributed by atoms with van der Waals surface area (Å²) in [4.78, 5) is 5.23. The fourth-order valence-corrected chi connectivity index (χ4v) is 2.73. The van der Waals surface area contributed by atoms with E-state index in [1.54, 1.807) is 23.6 Å². The highest BCUT2D eigenvalue weighted by atomic mass is 35.5. The van der Waals surface area contributed by atoms with Gasteiger partial charge in [0.1, 0.15) is 6.33 Å². The lowest BCUT2D eigenvalue weighted by Crippen LogP contribution is -2.18. The van der Waals surface area contributed by atoms with Crippen LogP contribution in [-0.4, -0.2) is 35.0 Å². The van der Waals surface area contributed by atoms with Gasteiger partial charge in [-0.15, -0.1) is 0 Å². The van der Waals surface area contributed by atoms with Crippen molar-refractivity contribution < 1.29 is 4.74 Å². The van der Waals surface area contributed by atoms with E-state index in [9.17, 15) is 0 Å². The number of benzene rings is 1. The van der Waals surface area contributed by atoms with Crippen molar-refractivity contribution in [3.63, 3.8) is 0 Å². The molecule has 108 valence electrons. The van der Waals surface area contributed by atoms with Crippen molar-refractivity contribution in [3.05, 3.63) is 35.1 Å². The third kappa shape index (κ3) is 4.21. The minimum absolute atomic E-state index is 0.692. The number of rotatable bonds is 7. The Hall–Kier alpha value is -1.08. The molecular weight excluding hydrogens is 296 g/mol. The maximum Gasteiger partial charge on any atom is 0.190 e. The number of hydrogen-bond acceptors (Lipinski definition) is 5. The summed E-state index contributed by atoms with van der Waals surface area (Å²) in [6, 6.07) is 6.02. The third-order valence-corrected chi connectivity index (χ3v) is 4.10. The molecule has 0 spiro atoms. The lowest BCUT2D eigenvalue weighted by molar-refractivity contribution is 0.199. The first kappa shape index (κ1) is 15.3. The van der Waals surface area contributed by atoms with E-state index < -0.39 is 0 Å². The van der Waals surface area contributed by atoms with Gasteiger partial charge in [-0.3, -0.25) is 0 Å².